The number of nitrogens with zero attached hydrogens (tertiary/aromatic N) is 2. The molecule has 0 saturated carbocycles. The van der Waals surface area contributed by atoms with Crippen LogP contribution in [0.1, 0.15) is 23.0 Å². The zero-order valence-corrected chi connectivity index (χ0v) is 12.8. The van der Waals surface area contributed by atoms with Gasteiger partial charge in [-0.05, 0) is 31.2 Å². The third-order valence-electron chi connectivity index (χ3n) is 3.09. The van der Waals surface area contributed by atoms with Crippen molar-refractivity contribution in [3.8, 4) is 11.5 Å². The van der Waals surface area contributed by atoms with Crippen molar-refractivity contribution in [1.29, 1.82) is 0 Å². The van der Waals surface area contributed by atoms with Crippen molar-refractivity contribution in [1.82, 2.24) is 15.1 Å². The first-order valence-corrected chi connectivity index (χ1v) is 6.97. The van der Waals surface area contributed by atoms with E-state index in [-0.39, 0.29) is 29.5 Å². The Morgan fingerprint density at radius 3 is 2.74 bits per heavy atom. The number of aryl methyl sites for hydroxylation is 1. The van der Waals surface area contributed by atoms with Gasteiger partial charge in [0.1, 0.15) is 0 Å². The highest BCUT2D eigenvalue weighted by molar-refractivity contribution is 5.94. The van der Waals surface area contributed by atoms with Crippen molar-refractivity contribution in [2.75, 3.05) is 7.11 Å². The molecule has 0 fully saturated rings. The predicted molar refractivity (Wildman–Crippen MR) is 78.7 cm³/mol. The minimum Gasteiger partial charge on any atom is -0.493 e. The van der Waals surface area contributed by atoms with Crippen molar-refractivity contribution in [3.05, 3.63) is 41.7 Å². The maximum absolute atomic E-state index is 12.3. The van der Waals surface area contributed by atoms with Crippen molar-refractivity contribution in [3.63, 3.8) is 0 Å². The maximum Gasteiger partial charge on any atom is 0.387 e. The fourth-order valence-electron chi connectivity index (χ4n) is 1.95. The van der Waals surface area contributed by atoms with E-state index in [1.807, 2.05) is 19.2 Å². The fraction of sp³-hybridized carbons (Fsp3) is 0.333. The zero-order chi connectivity index (χ0) is 16.8. The summed E-state index contributed by atoms with van der Waals surface area (Å²) in [5, 5.41) is 6.95. The maximum atomic E-state index is 12.3. The molecule has 0 unspecified atom stereocenters. The molecule has 1 N–H and O–H groups in total. The van der Waals surface area contributed by atoms with Gasteiger partial charge in [0.05, 0.1) is 19.3 Å². The lowest BCUT2D eigenvalue weighted by atomic mass is 10.2. The topological polar surface area (TPSA) is 65.4 Å². The van der Waals surface area contributed by atoms with Gasteiger partial charge in [-0.1, -0.05) is 0 Å². The number of methoxy groups -OCH3 is 1. The molecule has 2 aromatic rings. The summed E-state index contributed by atoms with van der Waals surface area (Å²) >= 11 is 0. The molecule has 0 aliphatic carbocycles. The van der Waals surface area contributed by atoms with E-state index in [2.05, 4.69) is 15.2 Å². The number of carbonyl (C=O) groups excluding carboxylic acids is 1. The zero-order valence-electron chi connectivity index (χ0n) is 12.8. The van der Waals surface area contributed by atoms with Gasteiger partial charge in [0.2, 0.25) is 0 Å². The Kier molecular flexibility index (Phi) is 5.51. The third kappa shape index (κ3) is 4.41. The number of hydrogen-bond donors (Lipinski definition) is 1. The molecule has 6 nitrogen and oxygen atoms in total. The molecule has 1 heterocycles. The molecule has 0 bridgehead atoms. The number of amides is 1. The summed E-state index contributed by atoms with van der Waals surface area (Å²) in [4.78, 5) is 12.1. The predicted octanol–water partition coefficient (Wildman–Crippen LogP) is 2.44. The number of benzene rings is 1. The summed E-state index contributed by atoms with van der Waals surface area (Å²) in [6.45, 7) is 0.0161. The van der Waals surface area contributed by atoms with Gasteiger partial charge in [-0.25, -0.2) is 0 Å². The van der Waals surface area contributed by atoms with E-state index in [9.17, 15) is 13.6 Å². The molecule has 1 aromatic carbocycles. The average molecular weight is 325 g/mol. The summed E-state index contributed by atoms with van der Waals surface area (Å²) in [5.74, 6) is -0.424. The number of nitrogens with one attached hydrogen (secondary N) is 1. The van der Waals surface area contributed by atoms with Crippen molar-refractivity contribution >= 4 is 5.91 Å². The summed E-state index contributed by atoms with van der Waals surface area (Å²) in [7, 11) is 1.31. The Labute approximate surface area is 132 Å². The normalized spacial score (nSPS) is 10.7. The minimum absolute atomic E-state index is 0.0632. The van der Waals surface area contributed by atoms with E-state index in [0.717, 1.165) is 12.2 Å². The van der Waals surface area contributed by atoms with Gasteiger partial charge >= 0.3 is 6.61 Å². The molecule has 8 heteroatoms. The second-order valence-corrected chi connectivity index (χ2v) is 4.59. The van der Waals surface area contributed by atoms with Crippen LogP contribution in [-0.2, 0) is 13.1 Å². The largest absolute Gasteiger partial charge is 0.493 e. The Balaban J connectivity index is 2.03. The monoisotopic (exact) mass is 325 g/mol. The quantitative estimate of drug-likeness (QED) is 0.849. The summed E-state index contributed by atoms with van der Waals surface area (Å²) < 4.78 is 35.6. The number of carbonyl (C=O) groups is 1. The van der Waals surface area contributed by atoms with Crippen LogP contribution in [0.2, 0.25) is 0 Å². The number of halogens is 2. The Bertz CT molecular complexity index is 674. The second-order valence-electron chi connectivity index (χ2n) is 4.59. The lowest BCUT2D eigenvalue weighted by Crippen LogP contribution is -2.23. The van der Waals surface area contributed by atoms with Crippen molar-refractivity contribution < 1.29 is 23.0 Å². The molecule has 0 aliphatic rings. The highest BCUT2D eigenvalue weighted by Crippen LogP contribution is 2.29. The number of ether oxygens (including phenoxy) is 2. The molecule has 2 rings (SSSR count). The Morgan fingerprint density at radius 2 is 2.13 bits per heavy atom. The average Bonchev–Trinajstić information content (AvgIpc) is 3.00. The lowest BCUT2D eigenvalue weighted by molar-refractivity contribution is -0.0512. The van der Waals surface area contributed by atoms with E-state index in [1.165, 1.54) is 25.3 Å². The first-order valence-electron chi connectivity index (χ1n) is 6.97. The third-order valence-corrected chi connectivity index (χ3v) is 3.09. The smallest absolute Gasteiger partial charge is 0.387 e. The van der Waals surface area contributed by atoms with Gasteiger partial charge in [-0.3, -0.25) is 9.48 Å². The number of aromatic nitrogens is 2. The van der Waals surface area contributed by atoms with E-state index >= 15 is 0 Å². The first kappa shape index (κ1) is 16.7. The van der Waals surface area contributed by atoms with Crippen LogP contribution in [0.5, 0.6) is 11.5 Å². The van der Waals surface area contributed by atoms with Crippen LogP contribution in [0.25, 0.3) is 0 Å². The minimum atomic E-state index is -2.96. The highest BCUT2D eigenvalue weighted by atomic mass is 19.3. The lowest BCUT2D eigenvalue weighted by Gasteiger charge is -2.11. The van der Waals surface area contributed by atoms with Gasteiger partial charge in [0, 0.05) is 18.3 Å². The fourth-order valence-corrected chi connectivity index (χ4v) is 1.95. The molecule has 0 spiro atoms. The Hall–Kier alpha value is -2.64. The molecule has 1 amide bonds. The highest BCUT2D eigenvalue weighted by Gasteiger charge is 2.14. The van der Waals surface area contributed by atoms with Crippen LogP contribution in [0, 0.1) is 0 Å². The molecule has 23 heavy (non-hydrogen) atoms. The van der Waals surface area contributed by atoms with E-state index in [4.69, 9.17) is 4.74 Å². The van der Waals surface area contributed by atoms with Crippen LogP contribution >= 0.6 is 0 Å². The van der Waals surface area contributed by atoms with Crippen molar-refractivity contribution in [2.24, 2.45) is 0 Å². The standard InChI is InChI=1S/C15H17F2N3O3/c1-3-20-7-6-11(19-20)9-18-14(21)10-4-5-12(23-15(16)17)13(8-10)22-2/h4-8,15H,3,9H2,1-2H3,(H,18,21). The number of alkyl halides is 2. The first-order chi connectivity index (χ1) is 11.0. The van der Waals surface area contributed by atoms with Crippen LogP contribution in [0.4, 0.5) is 8.78 Å². The van der Waals surface area contributed by atoms with Gasteiger partial charge in [0.25, 0.3) is 5.91 Å². The summed E-state index contributed by atoms with van der Waals surface area (Å²) in [6, 6.07) is 5.81. The molecule has 124 valence electrons. The molecule has 0 atom stereocenters. The molecular formula is C15H17F2N3O3. The van der Waals surface area contributed by atoms with Gasteiger partial charge < -0.3 is 14.8 Å². The van der Waals surface area contributed by atoms with Gasteiger partial charge in [-0.2, -0.15) is 13.9 Å². The number of rotatable bonds is 7. The van der Waals surface area contributed by atoms with Crippen LogP contribution in [0.15, 0.2) is 30.5 Å². The molecular weight excluding hydrogens is 308 g/mol. The van der Waals surface area contributed by atoms with E-state index < -0.39 is 6.61 Å². The second kappa shape index (κ2) is 7.57. The van der Waals surface area contributed by atoms with Crippen LogP contribution < -0.4 is 14.8 Å². The molecule has 0 radical (unpaired) electrons. The molecule has 0 aliphatic heterocycles. The summed E-state index contributed by atoms with van der Waals surface area (Å²) in [6.07, 6.45) is 1.82. The molecule has 1 aromatic heterocycles. The van der Waals surface area contributed by atoms with Crippen LogP contribution in [0.3, 0.4) is 0 Å². The SMILES string of the molecule is CCn1ccc(CNC(=O)c2ccc(OC(F)F)c(OC)c2)n1. The van der Waals surface area contributed by atoms with Crippen LogP contribution in [-0.4, -0.2) is 29.4 Å². The van der Waals surface area contributed by atoms with E-state index in [1.54, 1.807) is 4.68 Å². The molecule has 0 saturated heterocycles. The Morgan fingerprint density at radius 1 is 1.35 bits per heavy atom. The summed E-state index contributed by atoms with van der Waals surface area (Å²) in [5.41, 5.74) is 1.00. The number of hydrogen-bond acceptors (Lipinski definition) is 4. The van der Waals surface area contributed by atoms with Gasteiger partial charge in [-0.15, -0.1) is 0 Å². The van der Waals surface area contributed by atoms with Gasteiger partial charge in [0.15, 0.2) is 11.5 Å². The van der Waals surface area contributed by atoms with Crippen molar-refractivity contribution in [2.45, 2.75) is 26.6 Å². The van der Waals surface area contributed by atoms with E-state index in [0.29, 0.717) is 0 Å².